The molecule has 0 bridgehead atoms. The van der Waals surface area contributed by atoms with Crippen LogP contribution in [0, 0.1) is 0 Å². The fourth-order valence-electron chi connectivity index (χ4n) is 4.05. The second-order valence-corrected chi connectivity index (χ2v) is 8.22. The summed E-state index contributed by atoms with van der Waals surface area (Å²) >= 11 is 6.61. The van der Waals surface area contributed by atoms with Gasteiger partial charge in [0.15, 0.2) is 5.78 Å². The first-order chi connectivity index (χ1) is 14.1. The molecule has 2 aliphatic rings. The third-order valence-corrected chi connectivity index (χ3v) is 5.95. The number of halogens is 4. The first-order valence-corrected chi connectivity index (χ1v) is 10.2. The van der Waals surface area contributed by atoms with Crippen molar-refractivity contribution in [1.82, 2.24) is 9.80 Å². The number of nitrogens with zero attached hydrogens (tertiary/aromatic N) is 2. The molecule has 1 aromatic carbocycles. The van der Waals surface area contributed by atoms with Gasteiger partial charge in [-0.1, -0.05) is 30.3 Å². The van der Waals surface area contributed by atoms with Crippen molar-refractivity contribution < 1.29 is 22.8 Å². The second-order valence-electron chi connectivity index (χ2n) is 7.70. The molecule has 1 fully saturated rings. The van der Waals surface area contributed by atoms with Crippen LogP contribution in [-0.4, -0.2) is 53.2 Å². The minimum absolute atomic E-state index is 0.000805. The third kappa shape index (κ3) is 4.89. The van der Waals surface area contributed by atoms with Gasteiger partial charge in [-0.2, -0.15) is 13.2 Å². The lowest BCUT2D eigenvalue weighted by atomic mass is 9.90. The quantitative estimate of drug-likeness (QED) is 0.503. The molecule has 1 heterocycles. The molecule has 0 saturated carbocycles. The van der Waals surface area contributed by atoms with Crippen LogP contribution in [0.4, 0.5) is 13.2 Å². The third-order valence-electron chi connectivity index (χ3n) is 5.57. The Balaban J connectivity index is 1.82. The van der Waals surface area contributed by atoms with Gasteiger partial charge in [0.1, 0.15) is 0 Å². The molecule has 0 N–H and O–H groups in total. The normalized spacial score (nSPS) is 19.7. The van der Waals surface area contributed by atoms with Gasteiger partial charge in [0.25, 0.3) is 0 Å². The summed E-state index contributed by atoms with van der Waals surface area (Å²) in [5, 5.41) is -0.282. The van der Waals surface area contributed by atoms with Crippen LogP contribution in [0.1, 0.15) is 42.1 Å². The highest BCUT2D eigenvalue weighted by Gasteiger charge is 2.43. The Labute approximate surface area is 179 Å². The van der Waals surface area contributed by atoms with Gasteiger partial charge in [-0.05, 0) is 42.9 Å². The lowest BCUT2D eigenvalue weighted by Crippen LogP contribution is -2.41. The summed E-state index contributed by atoms with van der Waals surface area (Å²) in [6.45, 7) is 2.13. The Kier molecular flexibility index (Phi) is 6.60. The number of hydrogen-bond donors (Lipinski definition) is 0. The number of amides is 1. The zero-order chi connectivity index (χ0) is 22.1. The maximum absolute atomic E-state index is 12.9. The van der Waals surface area contributed by atoms with Crippen LogP contribution in [0.15, 0.2) is 47.2 Å². The van der Waals surface area contributed by atoms with E-state index in [-0.39, 0.29) is 24.2 Å². The smallest absolute Gasteiger partial charge is 0.372 e. The Morgan fingerprint density at radius 1 is 1.17 bits per heavy atom. The Morgan fingerprint density at radius 3 is 2.40 bits per heavy atom. The van der Waals surface area contributed by atoms with Gasteiger partial charge in [-0.3, -0.25) is 9.59 Å². The number of carbonyl (C=O) groups excluding carboxylic acids is 2. The lowest BCUT2D eigenvalue weighted by Gasteiger charge is -2.32. The standard InChI is InChI=1S/C22H24ClF3N2O2/c1-14(29)16-5-3-15(4-6-16)13-27(2)20-18-10-12-28(21(30)22(24,25)26)11-9-17(18)7-8-19(20)23/h3-7,19H,8-13H2,1-2H3. The number of benzene rings is 1. The van der Waals surface area contributed by atoms with Crippen molar-refractivity contribution in [3.63, 3.8) is 0 Å². The molecule has 1 atom stereocenters. The Bertz CT molecular complexity index is 891. The molecule has 0 spiro atoms. The van der Waals surface area contributed by atoms with Gasteiger partial charge in [0.2, 0.25) is 0 Å². The molecule has 8 heteroatoms. The first-order valence-electron chi connectivity index (χ1n) is 9.81. The monoisotopic (exact) mass is 440 g/mol. The number of allylic oxidation sites excluding steroid dienone is 2. The van der Waals surface area contributed by atoms with Crippen molar-refractivity contribution in [2.45, 2.75) is 44.3 Å². The van der Waals surface area contributed by atoms with Crippen LogP contribution in [0.5, 0.6) is 0 Å². The fraction of sp³-hybridized carbons (Fsp3) is 0.455. The highest BCUT2D eigenvalue weighted by atomic mass is 35.5. The molecule has 0 radical (unpaired) electrons. The minimum atomic E-state index is -4.86. The second kappa shape index (κ2) is 8.84. The predicted molar refractivity (Wildman–Crippen MR) is 109 cm³/mol. The number of hydrogen-bond acceptors (Lipinski definition) is 3. The summed E-state index contributed by atoms with van der Waals surface area (Å²) in [5.74, 6) is -1.79. The van der Waals surface area contributed by atoms with E-state index in [0.29, 0.717) is 31.4 Å². The van der Waals surface area contributed by atoms with E-state index in [1.807, 2.05) is 30.2 Å². The SMILES string of the molecule is CC(=O)c1ccc(CN(C)C2=C3CCN(C(=O)C(F)(F)F)CCC3=CCC2Cl)cc1. The van der Waals surface area contributed by atoms with Gasteiger partial charge in [0.05, 0.1) is 5.38 Å². The molecule has 3 rings (SSSR count). The molecule has 1 amide bonds. The number of Topliss-reactive ketones (excluding diaryl/α,β-unsaturated/α-hetero) is 1. The van der Waals surface area contributed by atoms with Crippen molar-refractivity contribution in [2.24, 2.45) is 0 Å². The number of ketones is 1. The highest BCUT2D eigenvalue weighted by Crippen LogP contribution is 2.37. The summed E-state index contributed by atoms with van der Waals surface area (Å²) < 4.78 is 38.6. The lowest BCUT2D eigenvalue weighted by molar-refractivity contribution is -0.185. The summed E-state index contributed by atoms with van der Waals surface area (Å²) in [5.41, 5.74) is 4.43. The molecule has 0 aromatic heterocycles. The maximum Gasteiger partial charge on any atom is 0.471 e. The number of likely N-dealkylation sites (tertiary alicyclic amines) is 1. The van der Waals surface area contributed by atoms with Crippen molar-refractivity contribution in [2.75, 3.05) is 20.1 Å². The average molecular weight is 441 g/mol. The Hall–Kier alpha value is -2.28. The summed E-state index contributed by atoms with van der Waals surface area (Å²) in [6.07, 6.45) is -1.58. The first kappa shape index (κ1) is 22.4. The van der Waals surface area contributed by atoms with Crippen molar-refractivity contribution in [3.8, 4) is 0 Å². The summed E-state index contributed by atoms with van der Waals surface area (Å²) in [7, 11) is 1.91. The van der Waals surface area contributed by atoms with Gasteiger partial charge < -0.3 is 9.80 Å². The number of carbonyl (C=O) groups is 2. The minimum Gasteiger partial charge on any atom is -0.372 e. The molecule has 1 saturated heterocycles. The van der Waals surface area contributed by atoms with E-state index in [4.69, 9.17) is 11.6 Å². The van der Waals surface area contributed by atoms with Crippen molar-refractivity contribution in [1.29, 1.82) is 0 Å². The molecule has 1 aliphatic carbocycles. The van der Waals surface area contributed by atoms with E-state index in [2.05, 4.69) is 0 Å². The molecule has 162 valence electrons. The predicted octanol–water partition coefficient (Wildman–Crippen LogP) is 4.70. The van der Waals surface area contributed by atoms with Crippen molar-refractivity contribution in [3.05, 3.63) is 58.3 Å². The van der Waals surface area contributed by atoms with Crippen LogP contribution < -0.4 is 0 Å². The molecule has 4 nitrogen and oxygen atoms in total. The fourth-order valence-corrected chi connectivity index (χ4v) is 4.43. The maximum atomic E-state index is 12.9. The van der Waals surface area contributed by atoms with E-state index >= 15 is 0 Å². The Morgan fingerprint density at radius 2 is 1.80 bits per heavy atom. The highest BCUT2D eigenvalue weighted by molar-refractivity contribution is 6.22. The summed E-state index contributed by atoms with van der Waals surface area (Å²) in [4.78, 5) is 26.0. The van der Waals surface area contributed by atoms with Crippen LogP contribution in [0.2, 0.25) is 0 Å². The van der Waals surface area contributed by atoms with Crippen LogP contribution >= 0.6 is 11.6 Å². The summed E-state index contributed by atoms with van der Waals surface area (Å²) in [6, 6.07) is 7.33. The largest absolute Gasteiger partial charge is 0.471 e. The van der Waals surface area contributed by atoms with Crippen LogP contribution in [0.25, 0.3) is 0 Å². The van der Waals surface area contributed by atoms with E-state index in [1.165, 1.54) is 6.92 Å². The zero-order valence-corrected chi connectivity index (χ0v) is 17.7. The molecular formula is C22H24ClF3N2O2. The van der Waals surface area contributed by atoms with E-state index < -0.39 is 12.1 Å². The van der Waals surface area contributed by atoms with Gasteiger partial charge in [0, 0.05) is 37.9 Å². The zero-order valence-electron chi connectivity index (χ0n) is 16.9. The van der Waals surface area contributed by atoms with Crippen LogP contribution in [-0.2, 0) is 11.3 Å². The van der Waals surface area contributed by atoms with Gasteiger partial charge >= 0.3 is 12.1 Å². The number of fused-ring (bicyclic) bond motifs is 1. The van der Waals surface area contributed by atoms with E-state index in [1.54, 1.807) is 12.1 Å². The van der Waals surface area contributed by atoms with Crippen LogP contribution in [0.3, 0.4) is 0 Å². The molecular weight excluding hydrogens is 417 g/mol. The molecule has 1 unspecified atom stereocenters. The number of alkyl halides is 4. The average Bonchev–Trinajstić information content (AvgIpc) is 2.89. The van der Waals surface area contributed by atoms with E-state index in [0.717, 1.165) is 27.3 Å². The van der Waals surface area contributed by atoms with E-state index in [9.17, 15) is 22.8 Å². The molecule has 1 aliphatic heterocycles. The molecule has 1 aromatic rings. The van der Waals surface area contributed by atoms with Gasteiger partial charge in [-0.15, -0.1) is 11.6 Å². The topological polar surface area (TPSA) is 40.6 Å². The van der Waals surface area contributed by atoms with Gasteiger partial charge in [-0.25, -0.2) is 0 Å². The number of rotatable bonds is 4. The van der Waals surface area contributed by atoms with Crippen molar-refractivity contribution >= 4 is 23.3 Å². The molecule has 30 heavy (non-hydrogen) atoms.